The first kappa shape index (κ1) is 20.2. The molecule has 2 aromatic rings. The summed E-state index contributed by atoms with van der Waals surface area (Å²) < 4.78 is 26.8. The standard InChI is InChI=1S/C21H25N3O3S/c1-2-13-23-28(26,27)19-9-7-18(8-10-19)21(25)24-16-5-3-4-6-20(24)17-11-14-22-15-12-17/h2,7-12,14-15,20,23H,1,3-6,13,16H2. The van der Waals surface area contributed by atoms with Gasteiger partial charge in [0, 0.05) is 31.0 Å². The molecular formula is C21H25N3O3S. The average Bonchev–Trinajstić information content (AvgIpc) is 2.98. The molecule has 0 aliphatic carbocycles. The highest BCUT2D eigenvalue weighted by atomic mass is 32.2. The van der Waals surface area contributed by atoms with Crippen LogP contribution >= 0.6 is 0 Å². The topological polar surface area (TPSA) is 79.4 Å². The van der Waals surface area contributed by atoms with Crippen molar-refractivity contribution in [2.75, 3.05) is 13.1 Å². The number of nitrogens with zero attached hydrogens (tertiary/aromatic N) is 2. The molecule has 1 unspecified atom stereocenters. The Hall–Kier alpha value is -2.51. The largest absolute Gasteiger partial charge is 0.332 e. The number of hydrogen-bond donors (Lipinski definition) is 1. The minimum atomic E-state index is -3.60. The lowest BCUT2D eigenvalue weighted by Gasteiger charge is -2.30. The monoisotopic (exact) mass is 399 g/mol. The second-order valence-electron chi connectivity index (χ2n) is 6.81. The predicted octanol–water partition coefficient (Wildman–Crippen LogP) is 3.30. The van der Waals surface area contributed by atoms with E-state index in [0.29, 0.717) is 12.1 Å². The molecule has 0 radical (unpaired) electrons. The molecule has 1 N–H and O–H groups in total. The SMILES string of the molecule is C=CCNS(=O)(=O)c1ccc(C(=O)N2CCCCCC2c2ccncc2)cc1. The molecule has 0 saturated carbocycles. The van der Waals surface area contributed by atoms with Gasteiger partial charge in [-0.25, -0.2) is 13.1 Å². The maximum atomic E-state index is 13.2. The van der Waals surface area contributed by atoms with Crippen molar-refractivity contribution < 1.29 is 13.2 Å². The fourth-order valence-corrected chi connectivity index (χ4v) is 4.48. The van der Waals surface area contributed by atoms with E-state index in [1.807, 2.05) is 17.0 Å². The maximum Gasteiger partial charge on any atom is 0.254 e. The van der Waals surface area contributed by atoms with Gasteiger partial charge in [-0.3, -0.25) is 9.78 Å². The third-order valence-electron chi connectivity index (χ3n) is 4.93. The molecule has 1 aliphatic heterocycles. The fourth-order valence-electron chi connectivity index (χ4n) is 3.48. The summed E-state index contributed by atoms with van der Waals surface area (Å²) in [4.78, 5) is 19.3. The Labute approximate surface area is 166 Å². The number of carbonyl (C=O) groups is 1. The van der Waals surface area contributed by atoms with Crippen molar-refractivity contribution in [2.45, 2.75) is 36.6 Å². The lowest BCUT2D eigenvalue weighted by atomic mass is 10.0. The summed E-state index contributed by atoms with van der Waals surface area (Å²) in [5.74, 6) is -0.0771. The molecule has 3 rings (SSSR count). The highest BCUT2D eigenvalue weighted by Crippen LogP contribution is 2.31. The molecule has 1 amide bonds. The minimum absolute atomic E-state index is 0.00988. The molecule has 0 bridgehead atoms. The van der Waals surface area contributed by atoms with E-state index in [4.69, 9.17) is 0 Å². The van der Waals surface area contributed by atoms with Gasteiger partial charge in [0.15, 0.2) is 0 Å². The summed E-state index contributed by atoms with van der Waals surface area (Å²) >= 11 is 0. The van der Waals surface area contributed by atoms with Gasteiger partial charge in [0.2, 0.25) is 10.0 Å². The highest BCUT2D eigenvalue weighted by molar-refractivity contribution is 7.89. The van der Waals surface area contributed by atoms with Gasteiger partial charge in [0.1, 0.15) is 0 Å². The Kier molecular flexibility index (Phi) is 6.59. The van der Waals surface area contributed by atoms with Crippen molar-refractivity contribution in [2.24, 2.45) is 0 Å². The Balaban J connectivity index is 1.84. The predicted molar refractivity (Wildman–Crippen MR) is 108 cm³/mol. The third-order valence-corrected chi connectivity index (χ3v) is 6.37. The number of pyridine rings is 1. The van der Waals surface area contributed by atoms with E-state index in [9.17, 15) is 13.2 Å². The normalized spacial score (nSPS) is 17.7. The first-order valence-corrected chi connectivity index (χ1v) is 10.9. The summed E-state index contributed by atoms with van der Waals surface area (Å²) in [5.41, 5.74) is 1.57. The molecule has 0 spiro atoms. The first-order chi connectivity index (χ1) is 13.5. The van der Waals surface area contributed by atoms with E-state index in [-0.39, 0.29) is 23.4 Å². The number of sulfonamides is 1. The Morgan fingerprint density at radius 3 is 2.54 bits per heavy atom. The number of carbonyl (C=O) groups excluding carboxylic acids is 1. The van der Waals surface area contributed by atoms with Gasteiger partial charge < -0.3 is 4.90 Å². The summed E-state index contributed by atoms with van der Waals surface area (Å²) in [6.07, 6.45) is 9.02. The summed E-state index contributed by atoms with van der Waals surface area (Å²) in [7, 11) is -3.60. The first-order valence-electron chi connectivity index (χ1n) is 9.44. The van der Waals surface area contributed by atoms with Crippen LogP contribution in [-0.4, -0.2) is 37.3 Å². The highest BCUT2D eigenvalue weighted by Gasteiger charge is 2.27. The van der Waals surface area contributed by atoms with Crippen LogP contribution in [0.5, 0.6) is 0 Å². The van der Waals surface area contributed by atoms with Crippen LogP contribution in [0, 0.1) is 0 Å². The van der Waals surface area contributed by atoms with Crippen LogP contribution in [-0.2, 0) is 10.0 Å². The number of rotatable bonds is 6. The lowest BCUT2D eigenvalue weighted by Crippen LogP contribution is -2.34. The van der Waals surface area contributed by atoms with Crippen LogP contribution in [0.15, 0.2) is 66.3 Å². The van der Waals surface area contributed by atoms with Gasteiger partial charge in [-0.2, -0.15) is 0 Å². The Morgan fingerprint density at radius 1 is 1.14 bits per heavy atom. The zero-order chi connectivity index (χ0) is 20.0. The summed E-state index contributed by atoms with van der Waals surface area (Å²) in [6.45, 7) is 4.35. The van der Waals surface area contributed by atoms with Crippen LogP contribution in [0.2, 0.25) is 0 Å². The Bertz CT molecular complexity index is 912. The van der Waals surface area contributed by atoms with Crippen LogP contribution < -0.4 is 4.72 Å². The van der Waals surface area contributed by atoms with E-state index in [0.717, 1.165) is 31.2 Å². The van der Waals surface area contributed by atoms with Crippen molar-refractivity contribution in [3.63, 3.8) is 0 Å². The van der Waals surface area contributed by atoms with Gasteiger partial charge in [-0.1, -0.05) is 18.9 Å². The summed E-state index contributed by atoms with van der Waals surface area (Å²) in [6, 6.07) is 10.0. The van der Waals surface area contributed by atoms with E-state index in [1.54, 1.807) is 24.5 Å². The zero-order valence-corrected chi connectivity index (χ0v) is 16.6. The number of aromatic nitrogens is 1. The van der Waals surface area contributed by atoms with E-state index >= 15 is 0 Å². The van der Waals surface area contributed by atoms with Gasteiger partial charge in [0.25, 0.3) is 5.91 Å². The fraction of sp³-hybridized carbons (Fsp3) is 0.333. The summed E-state index contributed by atoms with van der Waals surface area (Å²) in [5, 5.41) is 0. The maximum absolute atomic E-state index is 13.2. The zero-order valence-electron chi connectivity index (χ0n) is 15.8. The average molecular weight is 400 g/mol. The van der Waals surface area contributed by atoms with Gasteiger partial charge in [0.05, 0.1) is 10.9 Å². The number of benzene rings is 1. The number of amides is 1. The molecule has 148 valence electrons. The van der Waals surface area contributed by atoms with Crippen LogP contribution in [0.4, 0.5) is 0 Å². The second kappa shape index (κ2) is 9.12. The van der Waals surface area contributed by atoms with Crippen LogP contribution in [0.3, 0.4) is 0 Å². The second-order valence-corrected chi connectivity index (χ2v) is 8.58. The Morgan fingerprint density at radius 2 is 1.86 bits per heavy atom. The molecule has 1 aromatic carbocycles. The van der Waals surface area contributed by atoms with Gasteiger partial charge >= 0.3 is 0 Å². The lowest BCUT2D eigenvalue weighted by molar-refractivity contribution is 0.0680. The molecule has 1 atom stereocenters. The molecular weight excluding hydrogens is 374 g/mol. The van der Waals surface area contributed by atoms with E-state index in [2.05, 4.69) is 16.3 Å². The van der Waals surface area contributed by atoms with Crippen molar-refractivity contribution in [1.29, 1.82) is 0 Å². The van der Waals surface area contributed by atoms with Gasteiger partial charge in [-0.05, 0) is 54.8 Å². The quantitative estimate of drug-likeness (QED) is 0.756. The molecule has 1 saturated heterocycles. The third kappa shape index (κ3) is 4.66. The minimum Gasteiger partial charge on any atom is -0.332 e. The van der Waals surface area contributed by atoms with E-state index in [1.165, 1.54) is 18.2 Å². The van der Waals surface area contributed by atoms with Gasteiger partial charge in [-0.15, -0.1) is 6.58 Å². The molecule has 2 heterocycles. The van der Waals surface area contributed by atoms with Crippen LogP contribution in [0.25, 0.3) is 0 Å². The smallest absolute Gasteiger partial charge is 0.254 e. The number of hydrogen-bond acceptors (Lipinski definition) is 4. The number of nitrogens with one attached hydrogen (secondary N) is 1. The van der Waals surface area contributed by atoms with Crippen molar-refractivity contribution >= 4 is 15.9 Å². The molecule has 28 heavy (non-hydrogen) atoms. The van der Waals surface area contributed by atoms with Crippen LogP contribution in [0.1, 0.15) is 47.6 Å². The molecule has 6 nitrogen and oxygen atoms in total. The van der Waals surface area contributed by atoms with Crippen molar-refractivity contribution in [1.82, 2.24) is 14.6 Å². The molecule has 1 aliphatic rings. The van der Waals surface area contributed by atoms with Crippen molar-refractivity contribution in [3.05, 3.63) is 72.6 Å². The molecule has 1 fully saturated rings. The van der Waals surface area contributed by atoms with E-state index < -0.39 is 10.0 Å². The molecule has 7 heteroatoms. The number of likely N-dealkylation sites (tertiary alicyclic amines) is 1. The molecule has 1 aromatic heterocycles. The van der Waals surface area contributed by atoms with Crippen molar-refractivity contribution in [3.8, 4) is 0 Å².